The van der Waals surface area contributed by atoms with Gasteiger partial charge in [0, 0.05) is 30.3 Å². The van der Waals surface area contributed by atoms with E-state index in [0.717, 1.165) is 19.3 Å². The molecule has 1 unspecified atom stereocenters. The number of aromatic nitrogens is 3. The summed E-state index contributed by atoms with van der Waals surface area (Å²) in [4.78, 5) is 35.3. The Bertz CT molecular complexity index is 1440. The molecule has 1 saturated carbocycles. The van der Waals surface area contributed by atoms with Gasteiger partial charge in [0.1, 0.15) is 22.7 Å². The van der Waals surface area contributed by atoms with E-state index in [2.05, 4.69) is 15.6 Å². The average Bonchev–Trinajstić information content (AvgIpc) is 3.24. The van der Waals surface area contributed by atoms with E-state index < -0.39 is 11.7 Å². The second-order valence-corrected chi connectivity index (χ2v) is 11.4. The Labute approximate surface area is 233 Å². The Hall–Kier alpha value is -3.86. The fraction of sp³-hybridized carbons (Fsp3) is 0.517. The van der Waals surface area contributed by atoms with Gasteiger partial charge >= 0.3 is 6.09 Å². The van der Waals surface area contributed by atoms with Crippen LogP contribution in [0.25, 0.3) is 22.2 Å². The standard InChI is InChI=1S/C29H37N5O6/c1-29(2,3)40-28(36)31-22-15-39-24(16-8-7-9-16)23(22)32-27-30-14-18-12-21(26(35)34(4)25(18)33-27)17-10-19(37-5)13-20(11-17)38-6/h10-14,16,22-24H,7-9,15H2,1-6H3,(H,31,36)(H,30,32,33)/t22-,23-,24?/m0/s1. The van der Waals surface area contributed by atoms with E-state index in [9.17, 15) is 9.59 Å². The second kappa shape index (κ2) is 11.0. The van der Waals surface area contributed by atoms with E-state index in [0.29, 0.717) is 52.1 Å². The molecule has 0 radical (unpaired) electrons. The number of nitrogens with one attached hydrogen (secondary N) is 2. The monoisotopic (exact) mass is 551 g/mol. The zero-order valence-corrected chi connectivity index (χ0v) is 23.8. The zero-order valence-electron chi connectivity index (χ0n) is 23.8. The van der Waals surface area contributed by atoms with Crippen molar-refractivity contribution in [3.8, 4) is 22.6 Å². The number of amides is 1. The molecular formula is C29H37N5O6. The number of carbonyl (C=O) groups is 1. The molecule has 2 N–H and O–H groups in total. The van der Waals surface area contributed by atoms with Crippen LogP contribution < -0.4 is 25.7 Å². The summed E-state index contributed by atoms with van der Waals surface area (Å²) >= 11 is 0. The zero-order chi connectivity index (χ0) is 28.6. The third-order valence-electron chi connectivity index (χ3n) is 7.48. The predicted octanol–water partition coefficient (Wildman–Crippen LogP) is 3.89. The van der Waals surface area contributed by atoms with Gasteiger partial charge in [-0.05, 0) is 63.3 Å². The molecule has 1 aliphatic carbocycles. The predicted molar refractivity (Wildman–Crippen MR) is 151 cm³/mol. The smallest absolute Gasteiger partial charge is 0.408 e. The Morgan fingerprint density at radius 1 is 1.10 bits per heavy atom. The van der Waals surface area contributed by atoms with E-state index in [-0.39, 0.29) is 23.7 Å². The van der Waals surface area contributed by atoms with Gasteiger partial charge in [0.2, 0.25) is 5.95 Å². The maximum Gasteiger partial charge on any atom is 0.408 e. The van der Waals surface area contributed by atoms with Gasteiger partial charge in [0.15, 0.2) is 0 Å². The van der Waals surface area contributed by atoms with Crippen molar-refractivity contribution in [2.45, 2.75) is 63.8 Å². The lowest BCUT2D eigenvalue weighted by Crippen LogP contribution is -2.51. The molecule has 1 aromatic carbocycles. The van der Waals surface area contributed by atoms with Crippen molar-refractivity contribution < 1.29 is 23.7 Å². The molecule has 1 saturated heterocycles. The Balaban J connectivity index is 1.45. The summed E-state index contributed by atoms with van der Waals surface area (Å²) in [5, 5.41) is 7.07. The Kier molecular flexibility index (Phi) is 7.59. The minimum atomic E-state index is -0.610. The number of nitrogens with zero attached hydrogens (tertiary/aromatic N) is 3. The molecule has 1 amide bonds. The first kappa shape index (κ1) is 27.7. The number of methoxy groups -OCH3 is 2. The molecule has 5 rings (SSSR count). The van der Waals surface area contributed by atoms with Crippen molar-refractivity contribution in [3.05, 3.63) is 40.8 Å². The number of hydrogen-bond donors (Lipinski definition) is 2. The highest BCUT2D eigenvalue weighted by molar-refractivity contribution is 5.82. The van der Waals surface area contributed by atoms with Gasteiger partial charge in [0.05, 0.1) is 39.0 Å². The summed E-state index contributed by atoms with van der Waals surface area (Å²) in [7, 11) is 4.82. The summed E-state index contributed by atoms with van der Waals surface area (Å²) in [5.74, 6) is 1.92. The van der Waals surface area contributed by atoms with E-state index in [1.165, 1.54) is 4.57 Å². The molecule has 1 aliphatic heterocycles. The van der Waals surface area contributed by atoms with Crippen LogP contribution in [-0.2, 0) is 16.5 Å². The van der Waals surface area contributed by atoms with Crippen LogP contribution in [0.3, 0.4) is 0 Å². The van der Waals surface area contributed by atoms with Crippen molar-refractivity contribution in [1.82, 2.24) is 19.9 Å². The topological polar surface area (TPSA) is 126 Å². The molecule has 3 aromatic rings. The fourth-order valence-corrected chi connectivity index (χ4v) is 5.26. The van der Waals surface area contributed by atoms with E-state index >= 15 is 0 Å². The number of carbonyl (C=O) groups excluding carboxylic acids is 1. The third kappa shape index (κ3) is 5.70. The average molecular weight is 552 g/mol. The maximum absolute atomic E-state index is 13.4. The molecule has 11 heteroatoms. The SMILES string of the molecule is COc1cc(OC)cc(-c2cc3cnc(N[C@@H]4C(C5CCC5)OC[C@@H]4NC(=O)OC(C)(C)C)nc3n(C)c2=O)c1. The van der Waals surface area contributed by atoms with Crippen molar-refractivity contribution in [2.75, 3.05) is 26.1 Å². The van der Waals surface area contributed by atoms with Gasteiger partial charge < -0.3 is 29.6 Å². The number of benzene rings is 1. The molecular weight excluding hydrogens is 514 g/mol. The lowest BCUT2D eigenvalue weighted by Gasteiger charge is -2.35. The highest BCUT2D eigenvalue weighted by atomic mass is 16.6. The number of hydrogen-bond acceptors (Lipinski definition) is 9. The van der Waals surface area contributed by atoms with Crippen molar-refractivity contribution >= 4 is 23.1 Å². The van der Waals surface area contributed by atoms with Gasteiger partial charge in [-0.2, -0.15) is 4.98 Å². The lowest BCUT2D eigenvalue weighted by atomic mass is 9.78. The maximum atomic E-state index is 13.4. The van der Waals surface area contributed by atoms with Crippen LogP contribution in [0, 0.1) is 5.92 Å². The van der Waals surface area contributed by atoms with Crippen molar-refractivity contribution in [3.63, 3.8) is 0 Å². The summed E-state index contributed by atoms with van der Waals surface area (Å²) in [6.07, 6.45) is 4.42. The first-order valence-corrected chi connectivity index (χ1v) is 13.5. The molecule has 2 fully saturated rings. The Morgan fingerprint density at radius 3 is 2.40 bits per heavy atom. The summed E-state index contributed by atoms with van der Waals surface area (Å²) < 4.78 is 23.9. The van der Waals surface area contributed by atoms with Crippen LogP contribution >= 0.6 is 0 Å². The van der Waals surface area contributed by atoms with Gasteiger partial charge in [-0.1, -0.05) is 6.42 Å². The molecule has 0 bridgehead atoms. The molecule has 3 heterocycles. The minimum absolute atomic E-state index is 0.0952. The fourth-order valence-electron chi connectivity index (χ4n) is 5.26. The van der Waals surface area contributed by atoms with Gasteiger partial charge in [0.25, 0.3) is 5.56 Å². The van der Waals surface area contributed by atoms with Crippen LogP contribution in [0.2, 0.25) is 0 Å². The highest BCUT2D eigenvalue weighted by Gasteiger charge is 2.44. The molecule has 214 valence electrons. The molecule has 3 atom stereocenters. The molecule has 11 nitrogen and oxygen atoms in total. The van der Waals surface area contributed by atoms with E-state index in [4.69, 9.17) is 23.9 Å². The van der Waals surface area contributed by atoms with Crippen LogP contribution in [0.5, 0.6) is 11.5 Å². The first-order chi connectivity index (χ1) is 19.1. The van der Waals surface area contributed by atoms with Crippen LogP contribution in [0.1, 0.15) is 40.0 Å². The molecule has 2 aliphatic rings. The lowest BCUT2D eigenvalue weighted by molar-refractivity contribution is 0.0256. The highest BCUT2D eigenvalue weighted by Crippen LogP contribution is 2.37. The number of aryl methyl sites for hydroxylation is 1. The molecule has 40 heavy (non-hydrogen) atoms. The van der Waals surface area contributed by atoms with Crippen molar-refractivity contribution in [2.24, 2.45) is 13.0 Å². The molecule has 0 spiro atoms. The van der Waals surface area contributed by atoms with E-state index in [1.54, 1.807) is 51.7 Å². The minimum Gasteiger partial charge on any atom is -0.497 e. The summed E-state index contributed by atoms with van der Waals surface area (Å²) in [6, 6.07) is 6.54. The normalized spacial score (nSPS) is 21.1. The van der Waals surface area contributed by atoms with Gasteiger partial charge in [-0.25, -0.2) is 9.78 Å². The van der Waals surface area contributed by atoms with Gasteiger partial charge in [-0.3, -0.25) is 9.36 Å². The van der Waals surface area contributed by atoms with Crippen LogP contribution in [0.4, 0.5) is 10.7 Å². The quantitative estimate of drug-likeness (QED) is 0.450. The number of alkyl carbamates (subject to hydrolysis) is 1. The first-order valence-electron chi connectivity index (χ1n) is 13.5. The molecule has 2 aromatic heterocycles. The number of pyridine rings is 1. The Morgan fingerprint density at radius 2 is 1.80 bits per heavy atom. The second-order valence-electron chi connectivity index (χ2n) is 11.4. The largest absolute Gasteiger partial charge is 0.497 e. The summed E-state index contributed by atoms with van der Waals surface area (Å²) in [5.41, 5.74) is 0.808. The summed E-state index contributed by atoms with van der Waals surface area (Å²) in [6.45, 7) is 5.84. The third-order valence-corrected chi connectivity index (χ3v) is 7.48. The number of anilines is 1. The van der Waals surface area contributed by atoms with Crippen LogP contribution in [-0.4, -0.2) is 65.2 Å². The van der Waals surface area contributed by atoms with Gasteiger partial charge in [-0.15, -0.1) is 0 Å². The number of ether oxygens (including phenoxy) is 4. The van der Waals surface area contributed by atoms with E-state index in [1.807, 2.05) is 20.8 Å². The number of rotatable bonds is 7. The number of fused-ring (bicyclic) bond motifs is 1. The van der Waals surface area contributed by atoms with Crippen molar-refractivity contribution in [1.29, 1.82) is 0 Å². The van der Waals surface area contributed by atoms with Crippen LogP contribution in [0.15, 0.2) is 35.3 Å².